The van der Waals surface area contributed by atoms with Gasteiger partial charge in [-0.3, -0.25) is 4.79 Å². The number of amides is 1. The molecule has 1 N–H and O–H groups in total. The summed E-state index contributed by atoms with van der Waals surface area (Å²) in [6.07, 6.45) is 1.86. The van der Waals surface area contributed by atoms with Gasteiger partial charge in [-0.2, -0.15) is 4.31 Å². The van der Waals surface area contributed by atoms with E-state index >= 15 is 0 Å². The topological polar surface area (TPSA) is 94.2 Å². The van der Waals surface area contributed by atoms with Crippen LogP contribution in [0.1, 0.15) is 18.4 Å². The normalized spacial score (nSPS) is 16.8. The summed E-state index contributed by atoms with van der Waals surface area (Å²) in [5.74, 6) is 1.12. The lowest BCUT2D eigenvalue weighted by atomic mass is 9.99. The maximum atomic E-state index is 13.1. The number of methoxy groups -OCH3 is 3. The van der Waals surface area contributed by atoms with E-state index in [0.717, 1.165) is 5.56 Å². The predicted molar refractivity (Wildman–Crippen MR) is 126 cm³/mol. The number of nitrogens with one attached hydrogen (secondary N) is 1. The molecule has 0 saturated carbocycles. The number of nitrogens with zero attached hydrogens (tertiary/aromatic N) is 1. The van der Waals surface area contributed by atoms with E-state index in [1.54, 1.807) is 14.2 Å². The minimum absolute atomic E-state index is 0.0859. The molecule has 1 heterocycles. The fourth-order valence-electron chi connectivity index (χ4n) is 3.84. The molecular formula is C23H29ClN2O6S. The van der Waals surface area contributed by atoms with Crippen molar-refractivity contribution in [2.24, 2.45) is 5.92 Å². The van der Waals surface area contributed by atoms with E-state index in [0.29, 0.717) is 49.6 Å². The number of ether oxygens (including phenoxy) is 3. The number of carbonyl (C=O) groups is 1. The van der Waals surface area contributed by atoms with Gasteiger partial charge in [0.05, 0.1) is 37.2 Å². The zero-order valence-corrected chi connectivity index (χ0v) is 20.5. The molecule has 33 heavy (non-hydrogen) atoms. The Kier molecular flexibility index (Phi) is 8.45. The smallest absolute Gasteiger partial charge is 0.243 e. The Balaban J connectivity index is 1.59. The van der Waals surface area contributed by atoms with Crippen LogP contribution < -0.4 is 19.5 Å². The molecule has 1 aliphatic rings. The van der Waals surface area contributed by atoms with Crippen LogP contribution in [-0.2, 0) is 21.2 Å². The van der Waals surface area contributed by atoms with Gasteiger partial charge in [0.2, 0.25) is 15.9 Å². The van der Waals surface area contributed by atoms with Crippen molar-refractivity contribution in [1.82, 2.24) is 9.62 Å². The molecule has 10 heteroatoms. The summed E-state index contributed by atoms with van der Waals surface area (Å²) in [6, 6.07) is 9.99. The Labute approximate surface area is 199 Å². The molecule has 1 saturated heterocycles. The molecule has 3 rings (SSSR count). The van der Waals surface area contributed by atoms with Crippen LogP contribution in [-0.4, -0.2) is 59.6 Å². The fraction of sp³-hybridized carbons (Fsp3) is 0.435. The first-order chi connectivity index (χ1) is 15.8. The van der Waals surface area contributed by atoms with E-state index in [1.165, 1.54) is 29.6 Å². The first-order valence-electron chi connectivity index (χ1n) is 10.6. The van der Waals surface area contributed by atoms with Crippen LogP contribution >= 0.6 is 11.6 Å². The van der Waals surface area contributed by atoms with Gasteiger partial charge in [-0.25, -0.2) is 8.42 Å². The van der Waals surface area contributed by atoms with Crippen molar-refractivity contribution in [2.45, 2.75) is 24.2 Å². The summed E-state index contributed by atoms with van der Waals surface area (Å²) in [6.45, 7) is 0.932. The van der Waals surface area contributed by atoms with Crippen molar-refractivity contribution in [3.05, 3.63) is 47.0 Å². The zero-order valence-electron chi connectivity index (χ0n) is 19.0. The average Bonchev–Trinajstić information content (AvgIpc) is 2.83. The van der Waals surface area contributed by atoms with Crippen LogP contribution in [0.2, 0.25) is 5.02 Å². The molecule has 0 spiro atoms. The van der Waals surface area contributed by atoms with E-state index in [4.69, 9.17) is 25.8 Å². The second-order valence-corrected chi connectivity index (χ2v) is 10.1. The molecule has 0 bridgehead atoms. The Morgan fingerprint density at radius 2 is 1.76 bits per heavy atom. The third-order valence-electron chi connectivity index (χ3n) is 5.68. The average molecular weight is 497 g/mol. The maximum absolute atomic E-state index is 13.1. The highest BCUT2D eigenvalue weighted by Gasteiger charge is 2.33. The van der Waals surface area contributed by atoms with Gasteiger partial charge >= 0.3 is 0 Å². The number of sulfonamides is 1. The minimum Gasteiger partial charge on any atom is -0.495 e. The van der Waals surface area contributed by atoms with Crippen molar-refractivity contribution in [3.63, 3.8) is 0 Å². The van der Waals surface area contributed by atoms with E-state index < -0.39 is 15.9 Å². The lowest BCUT2D eigenvalue weighted by Crippen LogP contribution is -2.45. The van der Waals surface area contributed by atoms with E-state index in [9.17, 15) is 13.2 Å². The molecule has 1 atom stereocenters. The summed E-state index contributed by atoms with van der Waals surface area (Å²) < 4.78 is 43.2. The van der Waals surface area contributed by atoms with Crippen LogP contribution in [0.5, 0.6) is 17.2 Å². The first-order valence-corrected chi connectivity index (χ1v) is 12.4. The molecule has 1 amide bonds. The molecule has 2 aromatic carbocycles. The van der Waals surface area contributed by atoms with Crippen molar-refractivity contribution < 1.29 is 27.4 Å². The number of hydrogen-bond acceptors (Lipinski definition) is 6. The number of hydrogen-bond donors (Lipinski definition) is 1. The lowest BCUT2D eigenvalue weighted by Gasteiger charge is -2.31. The fourth-order valence-corrected chi connectivity index (χ4v) is 5.71. The highest BCUT2D eigenvalue weighted by Crippen LogP contribution is 2.30. The van der Waals surface area contributed by atoms with Crippen LogP contribution in [0, 0.1) is 5.92 Å². The van der Waals surface area contributed by atoms with Crippen LogP contribution in [0.3, 0.4) is 0 Å². The van der Waals surface area contributed by atoms with Crippen molar-refractivity contribution in [2.75, 3.05) is 41.0 Å². The largest absolute Gasteiger partial charge is 0.495 e. The van der Waals surface area contributed by atoms with Crippen molar-refractivity contribution in [3.8, 4) is 17.2 Å². The molecule has 2 aromatic rings. The Morgan fingerprint density at radius 3 is 2.42 bits per heavy atom. The van der Waals surface area contributed by atoms with Gasteiger partial charge in [-0.1, -0.05) is 17.7 Å². The molecule has 1 aliphatic heterocycles. The molecule has 0 aliphatic carbocycles. The van der Waals surface area contributed by atoms with Crippen LogP contribution in [0.4, 0.5) is 0 Å². The zero-order chi connectivity index (χ0) is 24.0. The van der Waals surface area contributed by atoms with Crippen molar-refractivity contribution >= 4 is 27.5 Å². The highest BCUT2D eigenvalue weighted by molar-refractivity contribution is 7.89. The molecule has 0 aromatic heterocycles. The third kappa shape index (κ3) is 5.90. The monoisotopic (exact) mass is 496 g/mol. The summed E-state index contributed by atoms with van der Waals surface area (Å²) in [7, 11) is 0.854. The van der Waals surface area contributed by atoms with E-state index in [-0.39, 0.29) is 22.4 Å². The Morgan fingerprint density at radius 1 is 1.06 bits per heavy atom. The van der Waals surface area contributed by atoms with Gasteiger partial charge in [0.25, 0.3) is 0 Å². The van der Waals surface area contributed by atoms with Gasteiger partial charge in [0, 0.05) is 19.6 Å². The minimum atomic E-state index is -3.77. The number of halogens is 1. The van der Waals surface area contributed by atoms with Gasteiger partial charge in [0.15, 0.2) is 11.5 Å². The van der Waals surface area contributed by atoms with E-state index in [1.807, 2.05) is 18.2 Å². The maximum Gasteiger partial charge on any atom is 0.243 e. The quantitative estimate of drug-likeness (QED) is 0.573. The summed E-state index contributed by atoms with van der Waals surface area (Å²) in [4.78, 5) is 12.8. The van der Waals surface area contributed by atoms with Crippen LogP contribution in [0.25, 0.3) is 0 Å². The molecule has 0 unspecified atom stereocenters. The van der Waals surface area contributed by atoms with Crippen LogP contribution in [0.15, 0.2) is 41.3 Å². The SMILES string of the molecule is COc1ccc(S(=O)(=O)N2CCC[C@H](C(=O)NCCc3ccc(OC)c(OC)c3)C2)cc1Cl. The highest BCUT2D eigenvalue weighted by atomic mass is 35.5. The Hall–Kier alpha value is -2.49. The number of rotatable bonds is 9. The second-order valence-electron chi connectivity index (χ2n) is 7.73. The van der Waals surface area contributed by atoms with E-state index in [2.05, 4.69) is 5.32 Å². The molecule has 1 fully saturated rings. The Bertz CT molecular complexity index is 1090. The molecule has 180 valence electrons. The molecular weight excluding hydrogens is 468 g/mol. The lowest BCUT2D eigenvalue weighted by molar-refractivity contribution is -0.126. The van der Waals surface area contributed by atoms with Gasteiger partial charge in [0.1, 0.15) is 5.75 Å². The van der Waals surface area contributed by atoms with Gasteiger partial charge in [-0.05, 0) is 55.2 Å². The van der Waals surface area contributed by atoms with Gasteiger partial charge in [-0.15, -0.1) is 0 Å². The predicted octanol–water partition coefficient (Wildman–Crippen LogP) is 3.13. The first kappa shape index (κ1) is 25.1. The second kappa shape index (κ2) is 11.1. The summed E-state index contributed by atoms with van der Waals surface area (Å²) in [5, 5.41) is 3.16. The van der Waals surface area contributed by atoms with Crippen molar-refractivity contribution in [1.29, 1.82) is 0 Å². The number of piperidine rings is 1. The summed E-state index contributed by atoms with van der Waals surface area (Å²) >= 11 is 6.11. The summed E-state index contributed by atoms with van der Waals surface area (Å²) in [5.41, 5.74) is 0.997. The number of carbonyl (C=O) groups excluding carboxylic acids is 1. The molecule has 8 nitrogen and oxygen atoms in total. The molecule has 0 radical (unpaired) electrons. The third-order valence-corrected chi connectivity index (χ3v) is 7.83. The number of benzene rings is 2. The van der Waals surface area contributed by atoms with Gasteiger partial charge < -0.3 is 19.5 Å². The standard InChI is InChI=1S/C23H29ClN2O6S/c1-30-20-9-7-18(14-19(20)24)33(28,29)26-12-4-5-17(15-26)23(27)25-11-10-16-6-8-21(31-2)22(13-16)32-3/h6-9,13-14,17H,4-5,10-12,15H2,1-3H3,(H,25,27)/t17-/m0/s1.